The van der Waals surface area contributed by atoms with E-state index in [1.54, 1.807) is 6.08 Å². The van der Waals surface area contributed by atoms with Crippen LogP contribution in [0.2, 0.25) is 5.02 Å². The summed E-state index contributed by atoms with van der Waals surface area (Å²) >= 11 is 6.88. The fourth-order valence-electron chi connectivity index (χ4n) is 4.69. The second-order valence-corrected chi connectivity index (χ2v) is 10.5. The van der Waals surface area contributed by atoms with E-state index in [0.29, 0.717) is 23.9 Å². The van der Waals surface area contributed by atoms with Gasteiger partial charge in [-0.05, 0) is 79.7 Å². The highest BCUT2D eigenvalue weighted by Crippen LogP contribution is 2.34. The molecule has 0 bridgehead atoms. The molecule has 0 spiro atoms. The van der Waals surface area contributed by atoms with Crippen molar-refractivity contribution in [2.24, 2.45) is 0 Å². The third-order valence-electron chi connectivity index (χ3n) is 6.55. The van der Waals surface area contributed by atoms with Crippen molar-refractivity contribution < 1.29 is 19.1 Å². The van der Waals surface area contributed by atoms with Gasteiger partial charge in [0.05, 0.1) is 29.5 Å². The van der Waals surface area contributed by atoms with E-state index in [1.807, 2.05) is 68.4 Å². The minimum atomic E-state index is -0.479. The average molecular weight is 551 g/mol. The number of morpholine rings is 1. The van der Waals surface area contributed by atoms with E-state index in [9.17, 15) is 14.4 Å². The number of carbonyl (C=O) groups excluding carboxylic acids is 3. The van der Waals surface area contributed by atoms with Crippen molar-refractivity contribution in [3.8, 4) is 5.69 Å². The van der Waals surface area contributed by atoms with E-state index >= 15 is 0 Å². The number of rotatable bonds is 6. The summed E-state index contributed by atoms with van der Waals surface area (Å²) in [7, 11) is 0. The number of thioether (sulfide) groups is 1. The molecule has 8 nitrogen and oxygen atoms in total. The van der Waals surface area contributed by atoms with Crippen LogP contribution in [-0.2, 0) is 14.3 Å². The number of aryl methyl sites for hydroxylation is 1. The number of nitrogens with one attached hydrogen (secondary N) is 1. The van der Waals surface area contributed by atoms with Gasteiger partial charge in [-0.25, -0.2) is 0 Å². The fraction of sp³-hybridized carbons (Fsp3) is 0.250. The van der Waals surface area contributed by atoms with E-state index < -0.39 is 17.1 Å². The first-order valence-electron chi connectivity index (χ1n) is 12.2. The molecule has 1 N–H and O–H groups in total. The Morgan fingerprint density at radius 2 is 1.79 bits per heavy atom. The lowest BCUT2D eigenvalue weighted by Gasteiger charge is -2.30. The molecule has 3 amide bonds. The molecule has 3 heterocycles. The Morgan fingerprint density at radius 3 is 2.53 bits per heavy atom. The van der Waals surface area contributed by atoms with E-state index in [0.717, 1.165) is 58.1 Å². The second kappa shape index (κ2) is 11.1. The molecule has 196 valence electrons. The molecule has 2 aliphatic rings. The van der Waals surface area contributed by atoms with E-state index in [1.165, 1.54) is 0 Å². The summed E-state index contributed by atoms with van der Waals surface area (Å²) in [5, 5.41) is 3.06. The molecular formula is C28H27ClN4O4S. The zero-order valence-corrected chi connectivity index (χ0v) is 22.6. The largest absolute Gasteiger partial charge is 0.378 e. The fourth-order valence-corrected chi connectivity index (χ4v) is 5.65. The van der Waals surface area contributed by atoms with Crippen molar-refractivity contribution >= 4 is 57.9 Å². The third-order valence-corrected chi connectivity index (χ3v) is 7.71. The maximum Gasteiger partial charge on any atom is 0.294 e. The van der Waals surface area contributed by atoms with Crippen molar-refractivity contribution in [2.45, 2.75) is 13.8 Å². The molecule has 2 fully saturated rings. The summed E-state index contributed by atoms with van der Waals surface area (Å²) in [4.78, 5) is 42.1. The molecule has 0 atom stereocenters. The van der Waals surface area contributed by atoms with Crippen LogP contribution in [0.4, 0.5) is 16.2 Å². The number of anilines is 2. The summed E-state index contributed by atoms with van der Waals surface area (Å²) in [5.74, 6) is -0.914. The number of halogens is 1. The van der Waals surface area contributed by atoms with Gasteiger partial charge >= 0.3 is 0 Å². The number of benzene rings is 2. The quantitative estimate of drug-likeness (QED) is 0.422. The van der Waals surface area contributed by atoms with Crippen molar-refractivity contribution in [1.82, 2.24) is 9.47 Å². The Morgan fingerprint density at radius 1 is 1.08 bits per heavy atom. The van der Waals surface area contributed by atoms with Crippen molar-refractivity contribution in [2.75, 3.05) is 43.1 Å². The van der Waals surface area contributed by atoms with Gasteiger partial charge in [-0.1, -0.05) is 23.7 Å². The standard InChI is InChI=1S/C28H27ClN4O4S/c1-18-15-20(19(2)33(18)22-9-7-21(29)8-10-22)16-25-27(35)32(28(36)38-25)17-26(34)30-23-5-3-4-6-24(23)31-11-13-37-14-12-31/h3-10,15-16H,11-14,17H2,1-2H3,(H,30,34)/b25-16+. The van der Waals surface area contributed by atoms with Crippen LogP contribution in [0.5, 0.6) is 0 Å². The smallest absolute Gasteiger partial charge is 0.294 e. The van der Waals surface area contributed by atoms with Gasteiger partial charge in [0.1, 0.15) is 6.54 Å². The molecule has 5 rings (SSSR count). The van der Waals surface area contributed by atoms with Gasteiger partial charge < -0.3 is 19.5 Å². The lowest BCUT2D eigenvalue weighted by molar-refractivity contribution is -0.127. The zero-order chi connectivity index (χ0) is 26.8. The second-order valence-electron chi connectivity index (χ2n) is 9.07. The Labute approximate surface area is 230 Å². The molecule has 0 aliphatic carbocycles. The molecule has 2 saturated heterocycles. The SMILES string of the molecule is Cc1cc(/C=C2/SC(=O)N(CC(=O)Nc3ccccc3N3CCOCC3)C2=O)c(C)n1-c1ccc(Cl)cc1. The minimum absolute atomic E-state index is 0.285. The van der Waals surface area contributed by atoms with Crippen LogP contribution >= 0.6 is 23.4 Å². The van der Waals surface area contributed by atoms with Crippen LogP contribution in [0.3, 0.4) is 0 Å². The molecule has 38 heavy (non-hydrogen) atoms. The lowest BCUT2D eigenvalue weighted by atomic mass is 10.2. The van der Waals surface area contributed by atoms with Gasteiger partial charge in [-0.15, -0.1) is 0 Å². The Kier molecular flexibility index (Phi) is 7.60. The monoisotopic (exact) mass is 550 g/mol. The lowest BCUT2D eigenvalue weighted by Crippen LogP contribution is -2.38. The van der Waals surface area contributed by atoms with Crippen LogP contribution in [0.25, 0.3) is 11.8 Å². The van der Waals surface area contributed by atoms with Gasteiger partial charge in [0.25, 0.3) is 11.1 Å². The van der Waals surface area contributed by atoms with E-state index in [4.69, 9.17) is 16.3 Å². The molecule has 2 aromatic carbocycles. The van der Waals surface area contributed by atoms with Crippen LogP contribution in [-0.4, -0.2) is 59.4 Å². The van der Waals surface area contributed by atoms with E-state index in [2.05, 4.69) is 14.8 Å². The summed E-state index contributed by atoms with van der Waals surface area (Å²) in [6.07, 6.45) is 1.71. The molecule has 0 radical (unpaired) electrons. The molecule has 1 aromatic heterocycles. The summed E-state index contributed by atoms with van der Waals surface area (Å²) in [6, 6.07) is 17.0. The molecule has 10 heteroatoms. The highest BCUT2D eigenvalue weighted by atomic mass is 35.5. The number of ether oxygens (including phenoxy) is 1. The maximum absolute atomic E-state index is 13.1. The number of hydrogen-bond donors (Lipinski definition) is 1. The van der Waals surface area contributed by atoms with Crippen LogP contribution in [0, 0.1) is 13.8 Å². The van der Waals surface area contributed by atoms with E-state index in [-0.39, 0.29) is 11.4 Å². The number of aromatic nitrogens is 1. The Hall–Kier alpha value is -3.53. The average Bonchev–Trinajstić information content (AvgIpc) is 3.34. The van der Waals surface area contributed by atoms with Gasteiger partial charge in [-0.2, -0.15) is 0 Å². The molecule has 3 aromatic rings. The third kappa shape index (κ3) is 5.36. The molecular weight excluding hydrogens is 524 g/mol. The summed E-state index contributed by atoms with van der Waals surface area (Å²) in [5.41, 5.74) is 5.20. The first-order valence-corrected chi connectivity index (χ1v) is 13.4. The van der Waals surface area contributed by atoms with Gasteiger partial charge in [0.15, 0.2) is 0 Å². The number of amides is 3. The summed E-state index contributed by atoms with van der Waals surface area (Å²) in [6.45, 7) is 6.25. The van der Waals surface area contributed by atoms with Crippen LogP contribution < -0.4 is 10.2 Å². The van der Waals surface area contributed by atoms with Crippen molar-refractivity contribution in [3.05, 3.63) is 81.5 Å². The number of para-hydroxylation sites is 2. The van der Waals surface area contributed by atoms with Crippen molar-refractivity contribution in [3.63, 3.8) is 0 Å². The predicted octanol–water partition coefficient (Wildman–Crippen LogP) is 5.26. The molecule has 2 aliphatic heterocycles. The van der Waals surface area contributed by atoms with Crippen molar-refractivity contribution in [1.29, 1.82) is 0 Å². The van der Waals surface area contributed by atoms with Gasteiger partial charge in [0, 0.05) is 35.2 Å². The number of imide groups is 1. The summed E-state index contributed by atoms with van der Waals surface area (Å²) < 4.78 is 7.49. The first-order chi connectivity index (χ1) is 18.3. The minimum Gasteiger partial charge on any atom is -0.378 e. The zero-order valence-electron chi connectivity index (χ0n) is 21.1. The number of hydrogen-bond acceptors (Lipinski definition) is 6. The normalized spacial score (nSPS) is 17.0. The Balaban J connectivity index is 1.31. The first kappa shape index (κ1) is 26.1. The number of nitrogens with zero attached hydrogens (tertiary/aromatic N) is 3. The maximum atomic E-state index is 13.1. The van der Waals surface area contributed by atoms with Crippen LogP contribution in [0.15, 0.2) is 59.5 Å². The molecule has 0 saturated carbocycles. The van der Waals surface area contributed by atoms with Crippen LogP contribution in [0.1, 0.15) is 17.0 Å². The predicted molar refractivity (Wildman–Crippen MR) is 151 cm³/mol. The highest BCUT2D eigenvalue weighted by molar-refractivity contribution is 8.18. The van der Waals surface area contributed by atoms with Gasteiger partial charge in [0.2, 0.25) is 5.91 Å². The Bertz CT molecular complexity index is 1430. The highest BCUT2D eigenvalue weighted by Gasteiger charge is 2.36. The molecule has 0 unspecified atom stereocenters. The van der Waals surface area contributed by atoms with Gasteiger partial charge in [-0.3, -0.25) is 19.3 Å². The topological polar surface area (TPSA) is 83.9 Å². The number of carbonyl (C=O) groups is 3.